The van der Waals surface area contributed by atoms with Gasteiger partial charge in [0.05, 0.1) is 0 Å². The zero-order valence-electron chi connectivity index (χ0n) is 9.53. The molecule has 3 N–H and O–H groups in total. The molecule has 0 spiro atoms. The van der Waals surface area contributed by atoms with Gasteiger partial charge in [0.25, 0.3) is 0 Å². The number of isocyanates is 3. The number of benzene rings is 1. The first-order chi connectivity index (χ1) is 8.03. The Morgan fingerprint density at radius 2 is 1.06 bits per heavy atom. The van der Waals surface area contributed by atoms with Crippen molar-refractivity contribution < 1.29 is 14.4 Å². The normalized spacial score (nSPS) is 5.76. The average molecular weight is 235 g/mol. The minimum absolute atomic E-state index is 0.750. The fraction of sp³-hybridized carbons (Fsp3) is 0.182. The molecule has 0 aliphatic carbocycles. The molecule has 0 aromatic heterocycles. The number of rotatable bonds is 0. The van der Waals surface area contributed by atoms with Crippen LogP contribution in [0.2, 0.25) is 0 Å². The lowest BCUT2D eigenvalue weighted by molar-refractivity contribution is 0.562. The van der Waals surface area contributed by atoms with Crippen molar-refractivity contribution in [3.8, 4) is 0 Å². The molecule has 0 radical (unpaired) electrons. The summed E-state index contributed by atoms with van der Waals surface area (Å²) in [6, 6.07) is 8.45. The number of carbonyl (C=O) groups excluding carboxylic acids is 3. The molecule has 1 rings (SSSR count). The van der Waals surface area contributed by atoms with Crippen LogP contribution in [-0.2, 0) is 14.4 Å². The molecule has 0 aliphatic heterocycles. The molecule has 6 heteroatoms. The SMILES string of the molecule is Cc1cccc(C)c1.N=C=O.N=C=O.N=C=O. The molecule has 0 fully saturated rings. The van der Waals surface area contributed by atoms with Crippen LogP contribution >= 0.6 is 0 Å². The first-order valence-electron chi connectivity index (χ1n) is 4.18. The van der Waals surface area contributed by atoms with Crippen LogP contribution in [0.25, 0.3) is 0 Å². The van der Waals surface area contributed by atoms with Gasteiger partial charge in [-0.3, -0.25) is 0 Å². The van der Waals surface area contributed by atoms with Crippen LogP contribution in [0.4, 0.5) is 0 Å². The van der Waals surface area contributed by atoms with Crippen LogP contribution in [0.1, 0.15) is 11.1 Å². The lowest BCUT2D eigenvalue weighted by Gasteiger charge is -1.90. The minimum Gasteiger partial charge on any atom is -0.222 e. The highest BCUT2D eigenvalue weighted by molar-refractivity contribution is 5.26. The molecule has 0 unspecified atom stereocenters. The zero-order chi connectivity index (χ0) is 14.1. The Hall–Kier alpha value is -2.64. The summed E-state index contributed by atoms with van der Waals surface area (Å²) in [5, 5.41) is 16.2. The highest BCUT2D eigenvalue weighted by Crippen LogP contribution is 2.00. The van der Waals surface area contributed by atoms with Gasteiger partial charge in [-0.1, -0.05) is 35.4 Å². The van der Waals surface area contributed by atoms with Gasteiger partial charge >= 0.3 is 0 Å². The van der Waals surface area contributed by atoms with E-state index >= 15 is 0 Å². The van der Waals surface area contributed by atoms with Gasteiger partial charge in [-0.2, -0.15) is 0 Å². The number of aryl methyl sites for hydroxylation is 2. The second-order valence-electron chi connectivity index (χ2n) is 2.46. The van der Waals surface area contributed by atoms with Crippen molar-refractivity contribution in [3.63, 3.8) is 0 Å². The van der Waals surface area contributed by atoms with Crippen LogP contribution in [0.15, 0.2) is 24.3 Å². The molecule has 0 saturated heterocycles. The monoisotopic (exact) mass is 235 g/mol. The summed E-state index contributed by atoms with van der Waals surface area (Å²) in [7, 11) is 0. The molecule has 6 nitrogen and oxygen atoms in total. The smallest absolute Gasteiger partial charge is 0.222 e. The summed E-state index contributed by atoms with van der Waals surface area (Å²) in [6.45, 7) is 4.21. The van der Waals surface area contributed by atoms with Crippen LogP contribution in [0, 0.1) is 30.1 Å². The van der Waals surface area contributed by atoms with Crippen molar-refractivity contribution in [2.24, 2.45) is 0 Å². The van der Waals surface area contributed by atoms with Gasteiger partial charge in [0.1, 0.15) is 0 Å². The Labute approximate surface area is 98.8 Å². The molecule has 90 valence electrons. The highest BCUT2D eigenvalue weighted by atomic mass is 16.1. The summed E-state index contributed by atoms with van der Waals surface area (Å²) < 4.78 is 0. The van der Waals surface area contributed by atoms with Gasteiger partial charge in [-0.15, -0.1) is 0 Å². The third kappa shape index (κ3) is 31.8. The molecule has 0 saturated carbocycles. The van der Waals surface area contributed by atoms with Gasteiger partial charge in [0.15, 0.2) is 0 Å². The van der Waals surface area contributed by atoms with Crippen molar-refractivity contribution in [1.82, 2.24) is 0 Å². The standard InChI is InChI=1S/C8H10.3CHNO/c1-7-4-3-5-8(2)6-7;3*2-1-3/h3-6H,1-2H3;3*2H. The lowest BCUT2D eigenvalue weighted by Crippen LogP contribution is -1.71. The molecular formula is C11H13N3O3. The molecular weight excluding hydrogens is 222 g/mol. The van der Waals surface area contributed by atoms with Crippen LogP contribution in [0.5, 0.6) is 0 Å². The Balaban J connectivity index is -0.000000184. The van der Waals surface area contributed by atoms with E-state index < -0.39 is 0 Å². The molecule has 1 aromatic carbocycles. The predicted octanol–water partition coefficient (Wildman–Crippen LogP) is 2.01. The second-order valence-corrected chi connectivity index (χ2v) is 2.46. The Bertz CT molecular complexity index is 352. The molecule has 17 heavy (non-hydrogen) atoms. The summed E-state index contributed by atoms with van der Waals surface area (Å²) in [5.74, 6) is 0. The number of hydrogen-bond donors (Lipinski definition) is 3. The fourth-order valence-electron chi connectivity index (χ4n) is 0.807. The maximum atomic E-state index is 8.35. The lowest BCUT2D eigenvalue weighted by atomic mass is 10.2. The minimum atomic E-state index is 0.750. The second kappa shape index (κ2) is 19.0. The molecule has 0 atom stereocenters. The van der Waals surface area contributed by atoms with Gasteiger partial charge in [0, 0.05) is 0 Å². The summed E-state index contributed by atoms with van der Waals surface area (Å²) >= 11 is 0. The Morgan fingerprint density at radius 1 is 0.824 bits per heavy atom. The first kappa shape index (κ1) is 19.9. The van der Waals surface area contributed by atoms with Crippen LogP contribution in [0.3, 0.4) is 0 Å². The van der Waals surface area contributed by atoms with E-state index in [4.69, 9.17) is 30.6 Å². The molecule has 1 aromatic rings. The van der Waals surface area contributed by atoms with Crippen LogP contribution < -0.4 is 0 Å². The van der Waals surface area contributed by atoms with E-state index in [0.29, 0.717) is 0 Å². The summed E-state index contributed by atoms with van der Waals surface area (Å²) in [6.07, 6.45) is 2.25. The number of nitrogens with one attached hydrogen (secondary N) is 3. The van der Waals surface area contributed by atoms with E-state index in [9.17, 15) is 0 Å². The average Bonchev–Trinajstić information content (AvgIpc) is 2.20. The van der Waals surface area contributed by atoms with Gasteiger partial charge in [-0.25, -0.2) is 30.6 Å². The summed E-state index contributed by atoms with van der Waals surface area (Å²) in [4.78, 5) is 25.0. The van der Waals surface area contributed by atoms with E-state index in [1.807, 2.05) is 0 Å². The molecule has 0 aliphatic rings. The first-order valence-corrected chi connectivity index (χ1v) is 4.18. The van der Waals surface area contributed by atoms with Crippen molar-refractivity contribution in [3.05, 3.63) is 35.4 Å². The fourth-order valence-corrected chi connectivity index (χ4v) is 0.807. The maximum Gasteiger partial charge on any atom is 0.231 e. The van der Waals surface area contributed by atoms with E-state index in [1.165, 1.54) is 11.1 Å². The third-order valence-corrected chi connectivity index (χ3v) is 1.17. The third-order valence-electron chi connectivity index (χ3n) is 1.17. The van der Waals surface area contributed by atoms with E-state index in [1.54, 1.807) is 0 Å². The Morgan fingerprint density at radius 3 is 1.18 bits per heavy atom. The van der Waals surface area contributed by atoms with E-state index in [2.05, 4.69) is 38.1 Å². The molecule has 0 heterocycles. The topological polar surface area (TPSA) is 123 Å². The zero-order valence-corrected chi connectivity index (χ0v) is 9.53. The van der Waals surface area contributed by atoms with E-state index in [0.717, 1.165) is 18.2 Å². The van der Waals surface area contributed by atoms with Crippen molar-refractivity contribution in [2.75, 3.05) is 0 Å². The number of hydrogen-bond acceptors (Lipinski definition) is 6. The van der Waals surface area contributed by atoms with Gasteiger partial charge in [-0.05, 0) is 13.8 Å². The van der Waals surface area contributed by atoms with Crippen LogP contribution in [-0.4, -0.2) is 18.2 Å². The molecule has 0 bridgehead atoms. The largest absolute Gasteiger partial charge is 0.231 e. The van der Waals surface area contributed by atoms with Crippen molar-refractivity contribution >= 4 is 18.2 Å². The highest BCUT2D eigenvalue weighted by Gasteiger charge is 1.80. The van der Waals surface area contributed by atoms with Crippen molar-refractivity contribution in [1.29, 1.82) is 16.2 Å². The van der Waals surface area contributed by atoms with E-state index in [-0.39, 0.29) is 0 Å². The Kier molecular flexibility index (Phi) is 22.2. The maximum absolute atomic E-state index is 8.35. The summed E-state index contributed by atoms with van der Waals surface area (Å²) in [5.41, 5.74) is 2.68. The molecule has 0 amide bonds. The quantitative estimate of drug-likeness (QED) is 0.470. The van der Waals surface area contributed by atoms with Gasteiger partial charge in [0.2, 0.25) is 18.2 Å². The van der Waals surface area contributed by atoms with Crippen molar-refractivity contribution in [2.45, 2.75) is 13.8 Å². The van der Waals surface area contributed by atoms with Gasteiger partial charge < -0.3 is 0 Å². The predicted molar refractivity (Wildman–Crippen MR) is 61.2 cm³/mol.